The summed E-state index contributed by atoms with van der Waals surface area (Å²) in [7, 11) is 0. The second-order valence-electron chi connectivity index (χ2n) is 3.42. The zero-order valence-corrected chi connectivity index (χ0v) is 8.20. The molecule has 0 saturated carbocycles. The average Bonchev–Trinajstić information content (AvgIpc) is 2.43. The molecule has 0 unspecified atom stereocenters. The molecule has 16 heavy (non-hydrogen) atoms. The Kier molecular flexibility index (Phi) is 2.95. The zero-order valence-electron chi connectivity index (χ0n) is 8.20. The van der Waals surface area contributed by atoms with E-state index in [4.69, 9.17) is 0 Å². The van der Waals surface area contributed by atoms with Crippen molar-refractivity contribution in [3.05, 3.63) is 17.0 Å². The lowest BCUT2D eigenvalue weighted by Gasteiger charge is -2.10. The highest BCUT2D eigenvalue weighted by molar-refractivity contribution is 5.30. The number of nitrogens with zero attached hydrogens (tertiary/aromatic N) is 1. The lowest BCUT2D eigenvalue weighted by Crippen LogP contribution is -2.13. The van der Waals surface area contributed by atoms with E-state index in [0.29, 0.717) is 0 Å². The van der Waals surface area contributed by atoms with Crippen molar-refractivity contribution in [1.29, 1.82) is 0 Å². The number of hydrogen-bond acceptors (Lipinski definition) is 2. The fourth-order valence-corrected chi connectivity index (χ4v) is 1.24. The molecule has 0 aliphatic rings. The van der Waals surface area contributed by atoms with Gasteiger partial charge in [0.05, 0.1) is 0 Å². The van der Waals surface area contributed by atoms with Crippen LogP contribution in [0.2, 0.25) is 0 Å². The van der Waals surface area contributed by atoms with Gasteiger partial charge < -0.3 is 4.52 Å². The summed E-state index contributed by atoms with van der Waals surface area (Å²) in [5, 5.41) is 2.46. The predicted octanol–water partition coefficient (Wildman–Crippen LogP) is 3.84. The van der Waals surface area contributed by atoms with Gasteiger partial charge in [-0.1, -0.05) is 19.0 Å². The van der Waals surface area contributed by atoms with Crippen LogP contribution in [0, 0.1) is 0 Å². The molecule has 0 amide bonds. The van der Waals surface area contributed by atoms with Gasteiger partial charge in [0, 0.05) is 5.56 Å². The molecule has 0 radical (unpaired) electrons. The highest BCUT2D eigenvalue weighted by Gasteiger charge is 2.47. The molecule has 0 aliphatic carbocycles. The van der Waals surface area contributed by atoms with Crippen molar-refractivity contribution in [1.82, 2.24) is 5.16 Å². The van der Waals surface area contributed by atoms with E-state index in [0.717, 1.165) is 0 Å². The van der Waals surface area contributed by atoms with Gasteiger partial charge in [0.25, 0.3) is 0 Å². The van der Waals surface area contributed by atoms with E-state index in [-0.39, 0.29) is 0 Å². The first-order valence-corrected chi connectivity index (χ1v) is 4.19. The molecule has 1 aromatic heterocycles. The Hall–Kier alpha value is -1.21. The van der Waals surface area contributed by atoms with E-state index < -0.39 is 35.3 Å². The second-order valence-corrected chi connectivity index (χ2v) is 3.42. The van der Waals surface area contributed by atoms with E-state index in [1.54, 1.807) is 0 Å². The van der Waals surface area contributed by atoms with Gasteiger partial charge >= 0.3 is 12.4 Å². The maximum Gasteiger partial charge on any atom is 0.452 e. The summed E-state index contributed by atoms with van der Waals surface area (Å²) in [6.07, 6.45) is -9.93. The Morgan fingerprint density at radius 2 is 1.50 bits per heavy atom. The fraction of sp³-hybridized carbons (Fsp3) is 0.625. The van der Waals surface area contributed by atoms with Crippen LogP contribution in [-0.2, 0) is 12.4 Å². The molecule has 1 aromatic rings. The quantitative estimate of drug-likeness (QED) is 0.705. The van der Waals surface area contributed by atoms with Crippen LogP contribution < -0.4 is 0 Å². The highest BCUT2D eigenvalue weighted by atomic mass is 19.4. The first-order valence-electron chi connectivity index (χ1n) is 4.19. The van der Waals surface area contributed by atoms with Crippen LogP contribution >= 0.6 is 0 Å². The third-order valence-electron chi connectivity index (χ3n) is 1.83. The van der Waals surface area contributed by atoms with Gasteiger partial charge in [-0.2, -0.15) is 26.3 Å². The number of rotatable bonds is 1. The smallest absolute Gasteiger partial charge is 0.351 e. The van der Waals surface area contributed by atoms with Gasteiger partial charge in [-0.25, -0.2) is 0 Å². The molecule has 0 spiro atoms. The molecule has 0 N–H and O–H groups in total. The summed E-state index contributed by atoms with van der Waals surface area (Å²) in [5.74, 6) is -2.67. The summed E-state index contributed by atoms with van der Waals surface area (Å²) in [4.78, 5) is 0. The van der Waals surface area contributed by atoms with Crippen molar-refractivity contribution in [2.24, 2.45) is 0 Å². The lowest BCUT2D eigenvalue weighted by molar-refractivity contribution is -0.156. The zero-order chi connectivity index (χ0) is 12.7. The summed E-state index contributed by atoms with van der Waals surface area (Å²) in [5.41, 5.74) is -2.57. The molecular formula is C8H7F6NO. The molecule has 0 bridgehead atoms. The van der Waals surface area contributed by atoms with Gasteiger partial charge in [0.15, 0.2) is 5.69 Å². The lowest BCUT2D eigenvalue weighted by atomic mass is 10.0. The van der Waals surface area contributed by atoms with Crippen LogP contribution in [0.15, 0.2) is 4.52 Å². The minimum Gasteiger partial charge on any atom is -0.351 e. The minimum absolute atomic E-state index is 0.958. The van der Waals surface area contributed by atoms with Crippen LogP contribution in [0.3, 0.4) is 0 Å². The van der Waals surface area contributed by atoms with Gasteiger partial charge in [-0.15, -0.1) is 0 Å². The molecule has 92 valence electrons. The van der Waals surface area contributed by atoms with Gasteiger partial charge in [-0.05, 0) is 5.92 Å². The van der Waals surface area contributed by atoms with Crippen LogP contribution in [0.4, 0.5) is 26.3 Å². The van der Waals surface area contributed by atoms with Crippen LogP contribution in [0.25, 0.3) is 0 Å². The van der Waals surface area contributed by atoms with Crippen LogP contribution in [-0.4, -0.2) is 5.16 Å². The maximum atomic E-state index is 12.3. The van der Waals surface area contributed by atoms with Crippen molar-refractivity contribution in [3.63, 3.8) is 0 Å². The molecule has 1 rings (SSSR count). The predicted molar refractivity (Wildman–Crippen MR) is 40.6 cm³/mol. The van der Waals surface area contributed by atoms with E-state index in [9.17, 15) is 26.3 Å². The Morgan fingerprint density at radius 3 is 1.81 bits per heavy atom. The van der Waals surface area contributed by atoms with Crippen molar-refractivity contribution in [2.75, 3.05) is 0 Å². The summed E-state index contributed by atoms with van der Waals surface area (Å²) in [6, 6.07) is 0. The monoisotopic (exact) mass is 247 g/mol. The minimum atomic E-state index is -4.98. The van der Waals surface area contributed by atoms with Crippen molar-refractivity contribution in [2.45, 2.75) is 32.1 Å². The van der Waals surface area contributed by atoms with E-state index >= 15 is 0 Å². The van der Waals surface area contributed by atoms with E-state index in [1.807, 2.05) is 0 Å². The normalized spacial score (nSPS) is 13.6. The third-order valence-corrected chi connectivity index (χ3v) is 1.83. The summed E-state index contributed by atoms with van der Waals surface area (Å²) < 4.78 is 77.6. The average molecular weight is 247 g/mol. The van der Waals surface area contributed by atoms with Crippen molar-refractivity contribution < 1.29 is 30.9 Å². The molecule has 0 atom stereocenters. The molecular weight excluding hydrogens is 240 g/mol. The Bertz CT molecular complexity index is 343. The highest BCUT2D eigenvalue weighted by Crippen LogP contribution is 2.42. The van der Waals surface area contributed by atoms with Gasteiger partial charge in [0.1, 0.15) is 0 Å². The Balaban J connectivity index is 3.41. The SMILES string of the molecule is CC(C)c1c(C(F)(F)F)noc1C(F)(F)F. The molecule has 0 fully saturated rings. The summed E-state index contributed by atoms with van der Waals surface area (Å²) >= 11 is 0. The Labute approximate surface area is 86.2 Å². The standard InChI is InChI=1S/C8H7F6NO/c1-3(2)4-5(7(9,10)11)15-16-6(4)8(12,13)14/h3H,1-2H3. The largest absolute Gasteiger partial charge is 0.452 e. The number of alkyl halides is 6. The molecule has 0 aromatic carbocycles. The molecule has 8 heteroatoms. The number of halogens is 6. The van der Waals surface area contributed by atoms with Crippen molar-refractivity contribution >= 4 is 0 Å². The molecule has 2 nitrogen and oxygen atoms in total. The summed E-state index contributed by atoms with van der Waals surface area (Å²) in [6.45, 7) is 2.41. The van der Waals surface area contributed by atoms with Crippen LogP contribution in [0.5, 0.6) is 0 Å². The van der Waals surface area contributed by atoms with Crippen molar-refractivity contribution in [3.8, 4) is 0 Å². The number of hydrogen-bond donors (Lipinski definition) is 0. The van der Waals surface area contributed by atoms with Crippen LogP contribution in [0.1, 0.15) is 36.8 Å². The maximum absolute atomic E-state index is 12.3. The first kappa shape index (κ1) is 12.9. The van der Waals surface area contributed by atoms with E-state index in [1.165, 1.54) is 13.8 Å². The Morgan fingerprint density at radius 1 is 1.00 bits per heavy atom. The topological polar surface area (TPSA) is 26.0 Å². The fourth-order valence-electron chi connectivity index (χ4n) is 1.24. The van der Waals surface area contributed by atoms with Gasteiger partial charge in [-0.3, -0.25) is 0 Å². The van der Waals surface area contributed by atoms with Gasteiger partial charge in [0.2, 0.25) is 5.76 Å². The van der Waals surface area contributed by atoms with E-state index in [2.05, 4.69) is 9.68 Å². The second kappa shape index (κ2) is 3.67. The molecule has 0 saturated heterocycles. The third kappa shape index (κ3) is 2.30. The first-order chi connectivity index (χ1) is 7.05. The number of aromatic nitrogens is 1. The molecule has 0 aliphatic heterocycles. The molecule has 1 heterocycles.